The second-order valence-corrected chi connectivity index (χ2v) is 7.96. The van der Waals surface area contributed by atoms with Crippen LogP contribution in [0.25, 0.3) is 10.7 Å². The highest BCUT2D eigenvalue weighted by molar-refractivity contribution is 7.95. The van der Waals surface area contributed by atoms with Gasteiger partial charge in [0, 0.05) is 5.56 Å². The minimum atomic E-state index is -1.28. The summed E-state index contributed by atoms with van der Waals surface area (Å²) in [4.78, 5) is 1.51. The van der Waals surface area contributed by atoms with Crippen molar-refractivity contribution < 1.29 is 13.7 Å². The average Bonchev–Trinajstić information content (AvgIpc) is 2.94. The average molecular weight is 376 g/mol. The van der Waals surface area contributed by atoms with Gasteiger partial charge in [-0.25, -0.2) is 4.21 Å². The van der Waals surface area contributed by atoms with Crippen molar-refractivity contribution in [3.8, 4) is 11.5 Å². The molecule has 0 saturated carbocycles. The van der Waals surface area contributed by atoms with Crippen molar-refractivity contribution >= 4 is 21.5 Å². The summed E-state index contributed by atoms with van der Waals surface area (Å²) in [6, 6.07) is 21.4. The molecule has 27 heavy (non-hydrogen) atoms. The Hall–Kier alpha value is -2.85. The predicted octanol–water partition coefficient (Wildman–Crippen LogP) is 5.34. The van der Waals surface area contributed by atoms with Gasteiger partial charge in [0.2, 0.25) is 0 Å². The van der Waals surface area contributed by atoms with Crippen LogP contribution in [0.3, 0.4) is 0 Å². The van der Waals surface area contributed by atoms with Crippen LogP contribution >= 0.6 is 0 Å². The topological polar surface area (TPSA) is 35.5 Å². The number of rotatable bonds is 4. The maximum atomic E-state index is 13.3. The Morgan fingerprint density at radius 3 is 2.07 bits per heavy atom. The summed E-state index contributed by atoms with van der Waals surface area (Å²) in [6.07, 6.45) is 0. The summed E-state index contributed by atoms with van der Waals surface area (Å²) in [5.41, 5.74) is 4.03. The van der Waals surface area contributed by atoms with Crippen LogP contribution in [0.1, 0.15) is 22.3 Å². The van der Waals surface area contributed by atoms with Crippen LogP contribution < -0.4 is 9.47 Å². The minimum absolute atomic E-state index is 0.650. The molecule has 1 aliphatic heterocycles. The second-order valence-electron chi connectivity index (χ2n) is 6.57. The lowest BCUT2D eigenvalue weighted by Gasteiger charge is -2.11. The Bertz CT molecular complexity index is 1050. The van der Waals surface area contributed by atoms with Crippen molar-refractivity contribution in [3.63, 3.8) is 0 Å². The molecule has 0 amide bonds. The first-order valence-corrected chi connectivity index (χ1v) is 9.88. The fraction of sp³-hybridized carbons (Fsp3) is 0.130. The highest BCUT2D eigenvalue weighted by Crippen LogP contribution is 2.43. The number of fused-ring (bicyclic) bond motifs is 1. The van der Waals surface area contributed by atoms with Crippen molar-refractivity contribution in [2.45, 2.75) is 18.7 Å². The summed E-state index contributed by atoms with van der Waals surface area (Å²) < 4.78 is 24.7. The van der Waals surface area contributed by atoms with E-state index in [1.165, 1.54) is 0 Å². The molecule has 4 rings (SSSR count). The highest BCUT2D eigenvalue weighted by atomic mass is 32.2. The van der Waals surface area contributed by atoms with Crippen LogP contribution in [0.5, 0.6) is 11.5 Å². The van der Waals surface area contributed by atoms with E-state index in [2.05, 4.69) is 0 Å². The lowest BCUT2D eigenvalue weighted by Crippen LogP contribution is -1.97. The van der Waals surface area contributed by atoms with Gasteiger partial charge in [0.05, 0.1) is 27.7 Å². The van der Waals surface area contributed by atoms with Crippen LogP contribution in [0, 0.1) is 13.8 Å². The van der Waals surface area contributed by atoms with E-state index in [-0.39, 0.29) is 0 Å². The Balaban J connectivity index is 1.84. The van der Waals surface area contributed by atoms with Crippen molar-refractivity contribution in [1.29, 1.82) is 0 Å². The Kier molecular flexibility index (Phi) is 4.58. The van der Waals surface area contributed by atoms with Gasteiger partial charge in [-0.1, -0.05) is 35.9 Å². The fourth-order valence-electron chi connectivity index (χ4n) is 3.09. The molecule has 3 aromatic rings. The van der Waals surface area contributed by atoms with E-state index in [0.29, 0.717) is 16.4 Å². The normalized spacial score (nSPS) is 15.6. The molecule has 1 aliphatic rings. The maximum absolute atomic E-state index is 13.3. The van der Waals surface area contributed by atoms with E-state index in [1.54, 1.807) is 7.11 Å². The third-order valence-corrected chi connectivity index (χ3v) is 6.10. The number of methoxy groups -OCH3 is 1. The molecular weight excluding hydrogens is 356 g/mol. The zero-order valence-electron chi connectivity index (χ0n) is 15.5. The van der Waals surface area contributed by atoms with E-state index in [9.17, 15) is 4.21 Å². The number of aryl methyl sites for hydroxylation is 2. The molecule has 0 radical (unpaired) electrons. The largest absolute Gasteiger partial charge is 0.497 e. The van der Waals surface area contributed by atoms with Gasteiger partial charge >= 0.3 is 0 Å². The van der Waals surface area contributed by atoms with Gasteiger partial charge in [-0.3, -0.25) is 0 Å². The van der Waals surface area contributed by atoms with Gasteiger partial charge in [0.25, 0.3) is 0 Å². The lowest BCUT2D eigenvalue weighted by atomic mass is 10.1. The third-order valence-electron chi connectivity index (χ3n) is 4.57. The predicted molar refractivity (Wildman–Crippen MR) is 109 cm³/mol. The van der Waals surface area contributed by atoms with E-state index in [1.807, 2.05) is 80.6 Å². The molecule has 1 heterocycles. The van der Waals surface area contributed by atoms with Gasteiger partial charge in [0.1, 0.15) is 11.5 Å². The summed E-state index contributed by atoms with van der Waals surface area (Å²) in [5, 5.41) is 0. The van der Waals surface area contributed by atoms with Crippen molar-refractivity contribution in [1.82, 2.24) is 0 Å². The molecule has 1 atom stereocenters. The molecule has 3 nitrogen and oxygen atoms in total. The first-order valence-electron chi connectivity index (χ1n) is 8.73. The van der Waals surface area contributed by atoms with Gasteiger partial charge in [0.15, 0.2) is 5.76 Å². The molecule has 1 unspecified atom stereocenters. The van der Waals surface area contributed by atoms with Crippen LogP contribution in [-0.4, -0.2) is 11.3 Å². The Morgan fingerprint density at radius 2 is 1.41 bits per heavy atom. The summed E-state index contributed by atoms with van der Waals surface area (Å²) in [6.45, 7) is 4.04. The Labute approximate surface area is 161 Å². The smallest absolute Gasteiger partial charge is 0.152 e. The molecule has 0 saturated heterocycles. The first-order chi connectivity index (χ1) is 13.1. The Morgan fingerprint density at radius 1 is 0.778 bits per heavy atom. The molecule has 0 aliphatic carbocycles. The lowest BCUT2D eigenvalue weighted by molar-refractivity contribution is 0.413. The molecule has 136 valence electrons. The van der Waals surface area contributed by atoms with E-state index < -0.39 is 10.8 Å². The maximum Gasteiger partial charge on any atom is 0.152 e. The summed E-state index contributed by atoms with van der Waals surface area (Å²) in [7, 11) is 0.348. The minimum Gasteiger partial charge on any atom is -0.497 e. The van der Waals surface area contributed by atoms with Crippen molar-refractivity contribution in [3.05, 3.63) is 89.0 Å². The van der Waals surface area contributed by atoms with Gasteiger partial charge in [-0.05, 0) is 61.4 Å². The summed E-state index contributed by atoms with van der Waals surface area (Å²) in [5.74, 6) is 2.10. The second kappa shape index (κ2) is 7.05. The van der Waals surface area contributed by atoms with Crippen molar-refractivity contribution in [2.75, 3.05) is 7.11 Å². The van der Waals surface area contributed by atoms with Crippen LogP contribution in [-0.2, 0) is 10.8 Å². The number of hydrogen-bond acceptors (Lipinski definition) is 3. The van der Waals surface area contributed by atoms with E-state index in [0.717, 1.165) is 32.9 Å². The quantitative estimate of drug-likeness (QED) is 0.617. The molecular formula is C23H20O3S. The van der Waals surface area contributed by atoms with Gasteiger partial charge in [-0.2, -0.15) is 0 Å². The zero-order valence-corrected chi connectivity index (χ0v) is 16.3. The van der Waals surface area contributed by atoms with Gasteiger partial charge in [-0.15, -0.1) is 0 Å². The fourth-order valence-corrected chi connectivity index (χ4v) is 4.64. The zero-order chi connectivity index (χ0) is 19.0. The first kappa shape index (κ1) is 17.6. The third kappa shape index (κ3) is 3.28. The van der Waals surface area contributed by atoms with E-state index in [4.69, 9.17) is 9.47 Å². The molecule has 0 aromatic heterocycles. The number of ether oxygens (including phenoxy) is 2. The molecule has 3 aromatic carbocycles. The highest BCUT2D eigenvalue weighted by Gasteiger charge is 2.31. The van der Waals surface area contributed by atoms with Crippen LogP contribution in [0.2, 0.25) is 0 Å². The molecule has 0 bridgehead atoms. The van der Waals surface area contributed by atoms with Crippen LogP contribution in [0.4, 0.5) is 0 Å². The van der Waals surface area contributed by atoms with Gasteiger partial charge < -0.3 is 9.47 Å². The molecule has 0 spiro atoms. The number of benzene rings is 3. The number of hydrogen-bond donors (Lipinski definition) is 0. The summed E-state index contributed by atoms with van der Waals surface area (Å²) >= 11 is 0. The van der Waals surface area contributed by atoms with Crippen LogP contribution in [0.15, 0.2) is 71.6 Å². The monoisotopic (exact) mass is 376 g/mol. The SMILES string of the molecule is COc1ccc(OC2=C(c3ccc(C)cc3)S(=O)c3cc(C)ccc32)cc1. The van der Waals surface area contributed by atoms with Crippen molar-refractivity contribution in [2.24, 2.45) is 0 Å². The molecule has 4 heteroatoms. The molecule has 0 fully saturated rings. The standard InChI is InChI=1S/C23H20O3S/c1-15-4-7-17(8-5-15)23-22(26-19-11-9-18(25-3)10-12-19)20-13-6-16(2)14-21(20)27(23)24/h4-14H,1-3H3. The molecule has 0 N–H and O–H groups in total. The van der Waals surface area contributed by atoms with E-state index >= 15 is 0 Å².